The maximum Gasteiger partial charge on any atom is 0.234 e. The molecule has 3 aromatic rings. The van der Waals surface area contributed by atoms with Crippen molar-refractivity contribution in [3.8, 4) is 5.75 Å². The van der Waals surface area contributed by atoms with Crippen LogP contribution < -0.4 is 10.1 Å². The van der Waals surface area contributed by atoms with Crippen LogP contribution in [0, 0.1) is 0 Å². The third-order valence-corrected chi connectivity index (χ3v) is 6.06. The van der Waals surface area contributed by atoms with Gasteiger partial charge in [0.1, 0.15) is 12.4 Å². The molecular formula is C19H17BrCl2N4O2S. The van der Waals surface area contributed by atoms with Gasteiger partial charge in [-0.2, -0.15) is 0 Å². The fourth-order valence-electron chi connectivity index (χ4n) is 2.43. The highest BCUT2D eigenvalue weighted by Crippen LogP contribution is 2.25. The standard InChI is InChI=1S/C19H17BrCl2N4O2S/c1-2-26-17(10-28-14-6-3-12(20)4-7-14)24-25-19(26)29-11-18(27)23-13-5-8-15(21)16(22)9-13/h3-9H,2,10-11H2,1H3,(H,23,27). The van der Waals surface area contributed by atoms with Crippen molar-refractivity contribution in [1.29, 1.82) is 0 Å². The molecule has 29 heavy (non-hydrogen) atoms. The van der Waals surface area contributed by atoms with E-state index in [1.54, 1.807) is 18.2 Å². The smallest absolute Gasteiger partial charge is 0.234 e. The zero-order valence-electron chi connectivity index (χ0n) is 15.4. The van der Waals surface area contributed by atoms with Gasteiger partial charge in [0.25, 0.3) is 0 Å². The van der Waals surface area contributed by atoms with Crippen LogP contribution in [0.1, 0.15) is 12.7 Å². The summed E-state index contributed by atoms with van der Waals surface area (Å²) in [7, 11) is 0. The number of anilines is 1. The average molecular weight is 516 g/mol. The first-order valence-electron chi connectivity index (χ1n) is 8.64. The number of aromatic nitrogens is 3. The largest absolute Gasteiger partial charge is 0.486 e. The van der Waals surface area contributed by atoms with Crippen LogP contribution in [-0.4, -0.2) is 26.4 Å². The molecule has 0 saturated carbocycles. The van der Waals surface area contributed by atoms with E-state index < -0.39 is 0 Å². The SMILES string of the molecule is CCn1c(COc2ccc(Br)cc2)nnc1SCC(=O)Nc1ccc(Cl)c(Cl)c1. The first kappa shape index (κ1) is 22.0. The second kappa shape index (κ2) is 10.3. The maximum absolute atomic E-state index is 12.2. The van der Waals surface area contributed by atoms with E-state index >= 15 is 0 Å². The Balaban J connectivity index is 1.57. The third kappa shape index (κ3) is 6.12. The Hall–Kier alpha value is -1.74. The summed E-state index contributed by atoms with van der Waals surface area (Å²) >= 11 is 16.6. The molecule has 6 nitrogen and oxygen atoms in total. The molecule has 0 bridgehead atoms. The number of nitrogens with zero attached hydrogens (tertiary/aromatic N) is 3. The lowest BCUT2D eigenvalue weighted by atomic mass is 10.3. The fraction of sp³-hybridized carbons (Fsp3) is 0.211. The number of hydrogen-bond acceptors (Lipinski definition) is 5. The summed E-state index contributed by atoms with van der Waals surface area (Å²) in [6.07, 6.45) is 0. The van der Waals surface area contributed by atoms with E-state index in [4.69, 9.17) is 27.9 Å². The van der Waals surface area contributed by atoms with Gasteiger partial charge in [-0.1, -0.05) is 50.9 Å². The molecule has 152 valence electrons. The molecule has 3 rings (SSSR count). The number of hydrogen-bond donors (Lipinski definition) is 1. The quantitative estimate of drug-likeness (QED) is 0.391. The molecule has 1 amide bonds. The highest BCUT2D eigenvalue weighted by atomic mass is 79.9. The number of carbonyl (C=O) groups is 1. The number of halogens is 3. The highest BCUT2D eigenvalue weighted by Gasteiger charge is 2.14. The third-order valence-electron chi connectivity index (χ3n) is 3.83. The van der Waals surface area contributed by atoms with Crippen LogP contribution in [-0.2, 0) is 17.9 Å². The number of carbonyl (C=O) groups excluding carboxylic acids is 1. The summed E-state index contributed by atoms with van der Waals surface area (Å²) in [4.78, 5) is 12.2. The first-order valence-corrected chi connectivity index (χ1v) is 11.2. The van der Waals surface area contributed by atoms with Gasteiger partial charge in [-0.05, 0) is 49.4 Å². The fourth-order valence-corrected chi connectivity index (χ4v) is 3.81. The second-order valence-electron chi connectivity index (χ2n) is 5.85. The molecule has 0 unspecified atom stereocenters. The minimum Gasteiger partial charge on any atom is -0.486 e. The lowest BCUT2D eigenvalue weighted by Crippen LogP contribution is -2.15. The van der Waals surface area contributed by atoms with Crippen LogP contribution in [0.5, 0.6) is 5.75 Å². The summed E-state index contributed by atoms with van der Waals surface area (Å²) in [5, 5.41) is 12.7. The summed E-state index contributed by atoms with van der Waals surface area (Å²) in [6.45, 7) is 2.95. The minimum absolute atomic E-state index is 0.174. The van der Waals surface area contributed by atoms with Crippen molar-refractivity contribution in [2.75, 3.05) is 11.1 Å². The van der Waals surface area contributed by atoms with Gasteiger partial charge in [0, 0.05) is 16.7 Å². The van der Waals surface area contributed by atoms with Crippen molar-refractivity contribution >= 4 is 62.5 Å². The number of amides is 1. The molecule has 0 atom stereocenters. The van der Waals surface area contributed by atoms with E-state index in [9.17, 15) is 4.79 Å². The predicted molar refractivity (Wildman–Crippen MR) is 120 cm³/mol. The Bertz CT molecular complexity index is 998. The van der Waals surface area contributed by atoms with Gasteiger partial charge in [0.05, 0.1) is 15.8 Å². The predicted octanol–water partition coefficient (Wildman–Crippen LogP) is 5.68. The van der Waals surface area contributed by atoms with Gasteiger partial charge in [0.15, 0.2) is 11.0 Å². The van der Waals surface area contributed by atoms with Gasteiger partial charge in [-0.15, -0.1) is 10.2 Å². The zero-order chi connectivity index (χ0) is 20.8. The Morgan fingerprint density at radius 1 is 1.17 bits per heavy atom. The lowest BCUT2D eigenvalue weighted by Gasteiger charge is -2.09. The Morgan fingerprint density at radius 2 is 1.93 bits per heavy atom. The second-order valence-corrected chi connectivity index (χ2v) is 8.52. The van der Waals surface area contributed by atoms with Gasteiger partial charge >= 0.3 is 0 Å². The maximum atomic E-state index is 12.2. The Morgan fingerprint density at radius 3 is 2.62 bits per heavy atom. The van der Waals surface area contributed by atoms with Crippen molar-refractivity contribution in [2.24, 2.45) is 0 Å². The van der Waals surface area contributed by atoms with Crippen molar-refractivity contribution < 1.29 is 9.53 Å². The van der Waals surface area contributed by atoms with Crippen LogP contribution in [0.4, 0.5) is 5.69 Å². The van der Waals surface area contributed by atoms with Crippen molar-refractivity contribution in [3.05, 3.63) is 62.8 Å². The number of rotatable bonds is 8. The van der Waals surface area contributed by atoms with Gasteiger partial charge < -0.3 is 14.6 Å². The Labute approximate surface area is 191 Å². The molecule has 0 aliphatic carbocycles. The molecule has 0 radical (unpaired) electrons. The number of thioether (sulfide) groups is 1. The van der Waals surface area contributed by atoms with Crippen molar-refractivity contribution in [3.63, 3.8) is 0 Å². The zero-order valence-corrected chi connectivity index (χ0v) is 19.3. The molecule has 1 heterocycles. The molecule has 0 spiro atoms. The molecule has 0 aliphatic rings. The summed E-state index contributed by atoms with van der Waals surface area (Å²) < 4.78 is 8.68. The van der Waals surface area contributed by atoms with E-state index in [-0.39, 0.29) is 11.7 Å². The molecular weight excluding hydrogens is 499 g/mol. The summed E-state index contributed by atoms with van der Waals surface area (Å²) in [5.74, 6) is 1.45. The molecule has 2 aromatic carbocycles. The van der Waals surface area contributed by atoms with Gasteiger partial charge in [-0.25, -0.2) is 0 Å². The topological polar surface area (TPSA) is 69.0 Å². The van der Waals surface area contributed by atoms with E-state index in [1.165, 1.54) is 11.8 Å². The van der Waals surface area contributed by atoms with Crippen LogP contribution >= 0.6 is 50.9 Å². The molecule has 0 fully saturated rings. The molecule has 0 saturated heterocycles. The summed E-state index contributed by atoms with van der Waals surface area (Å²) in [5.41, 5.74) is 0.588. The number of ether oxygens (including phenoxy) is 1. The molecule has 10 heteroatoms. The van der Waals surface area contributed by atoms with Gasteiger partial charge in [0.2, 0.25) is 5.91 Å². The normalized spacial score (nSPS) is 10.8. The van der Waals surface area contributed by atoms with E-state index in [1.807, 2.05) is 35.8 Å². The van der Waals surface area contributed by atoms with Crippen molar-refractivity contribution in [1.82, 2.24) is 14.8 Å². The molecule has 1 aromatic heterocycles. The lowest BCUT2D eigenvalue weighted by molar-refractivity contribution is -0.113. The van der Waals surface area contributed by atoms with E-state index in [0.29, 0.717) is 39.9 Å². The highest BCUT2D eigenvalue weighted by molar-refractivity contribution is 9.10. The molecule has 1 N–H and O–H groups in total. The monoisotopic (exact) mass is 514 g/mol. The number of nitrogens with one attached hydrogen (secondary N) is 1. The number of benzene rings is 2. The van der Waals surface area contributed by atoms with Crippen LogP contribution in [0.3, 0.4) is 0 Å². The Kier molecular flexibility index (Phi) is 7.83. The first-order chi connectivity index (χ1) is 14.0. The summed E-state index contributed by atoms with van der Waals surface area (Å²) in [6, 6.07) is 12.5. The van der Waals surface area contributed by atoms with Crippen LogP contribution in [0.25, 0.3) is 0 Å². The molecule has 0 aliphatic heterocycles. The average Bonchev–Trinajstić information content (AvgIpc) is 3.10. The van der Waals surface area contributed by atoms with E-state index in [0.717, 1.165) is 10.2 Å². The van der Waals surface area contributed by atoms with Gasteiger partial charge in [-0.3, -0.25) is 4.79 Å². The minimum atomic E-state index is -0.174. The van der Waals surface area contributed by atoms with Crippen molar-refractivity contribution in [2.45, 2.75) is 25.2 Å². The van der Waals surface area contributed by atoms with Crippen LogP contribution in [0.15, 0.2) is 52.1 Å². The van der Waals surface area contributed by atoms with E-state index in [2.05, 4.69) is 31.4 Å². The van der Waals surface area contributed by atoms with Crippen LogP contribution in [0.2, 0.25) is 10.0 Å².